The van der Waals surface area contributed by atoms with E-state index < -0.39 is 35.8 Å². The Kier molecular flexibility index (Phi) is 8.37. The quantitative estimate of drug-likeness (QED) is 0.569. The molecule has 0 heterocycles. The molecule has 0 unspecified atom stereocenters. The third-order valence-corrected chi connectivity index (χ3v) is 5.71. The Morgan fingerprint density at radius 1 is 1.10 bits per heavy atom. The van der Waals surface area contributed by atoms with Crippen LogP contribution >= 0.6 is 23.2 Å². The summed E-state index contributed by atoms with van der Waals surface area (Å²) in [5.74, 6) is -6.35. The van der Waals surface area contributed by atoms with Crippen LogP contribution in [0.4, 0.5) is 18.9 Å². The molecule has 0 saturated carbocycles. The van der Waals surface area contributed by atoms with Gasteiger partial charge >= 0.3 is 6.18 Å². The highest BCUT2D eigenvalue weighted by atomic mass is 35.5. The van der Waals surface area contributed by atoms with E-state index in [4.69, 9.17) is 23.2 Å². The van der Waals surface area contributed by atoms with Crippen molar-refractivity contribution in [3.05, 3.63) is 63.6 Å². The molecule has 0 radical (unpaired) electrons. The van der Waals surface area contributed by atoms with Gasteiger partial charge in [-0.25, -0.2) is 0 Å². The fourth-order valence-corrected chi connectivity index (χ4v) is 3.50. The van der Waals surface area contributed by atoms with Crippen LogP contribution in [0.3, 0.4) is 0 Å². The minimum atomic E-state index is -4.61. The van der Waals surface area contributed by atoms with Crippen LogP contribution in [-0.4, -0.2) is 18.1 Å². The molecule has 31 heavy (non-hydrogen) atoms. The largest absolute Gasteiger partial charge is 0.550 e. The number of carbonyl (C=O) groups excluding carboxylic acids is 2. The smallest absolute Gasteiger partial charge is 0.392 e. The summed E-state index contributed by atoms with van der Waals surface area (Å²) >= 11 is 12.0. The van der Waals surface area contributed by atoms with Crippen LogP contribution in [0.1, 0.15) is 37.3 Å². The molecule has 1 N–H and O–H groups in total. The maximum atomic E-state index is 13.5. The maximum absolute atomic E-state index is 13.5. The summed E-state index contributed by atoms with van der Waals surface area (Å²) in [7, 11) is 0. The number of carboxylic acids is 1. The monoisotopic (exact) mass is 474 g/mol. The Balaban J connectivity index is 2.35. The molecule has 2 aromatic rings. The molecule has 0 aliphatic carbocycles. The fraction of sp³-hybridized carbons (Fsp3) is 0.364. The lowest BCUT2D eigenvalue weighted by Gasteiger charge is -2.26. The molecule has 0 spiro atoms. The van der Waals surface area contributed by atoms with Crippen molar-refractivity contribution in [2.45, 2.75) is 38.8 Å². The number of amides is 1. The van der Waals surface area contributed by atoms with E-state index in [1.807, 2.05) is 0 Å². The molecule has 0 aromatic heterocycles. The first-order chi connectivity index (χ1) is 14.4. The summed E-state index contributed by atoms with van der Waals surface area (Å²) in [4.78, 5) is 24.1. The number of halogens is 5. The van der Waals surface area contributed by atoms with E-state index in [9.17, 15) is 27.9 Å². The molecule has 3 atom stereocenters. The zero-order chi connectivity index (χ0) is 23.3. The van der Waals surface area contributed by atoms with Gasteiger partial charge in [-0.1, -0.05) is 55.2 Å². The topological polar surface area (TPSA) is 69.2 Å². The van der Waals surface area contributed by atoms with Crippen molar-refractivity contribution < 1.29 is 27.9 Å². The number of hydrogen-bond acceptors (Lipinski definition) is 3. The zero-order valence-electron chi connectivity index (χ0n) is 16.8. The Bertz CT molecular complexity index is 933. The van der Waals surface area contributed by atoms with Crippen LogP contribution in [0, 0.1) is 11.8 Å². The minimum Gasteiger partial charge on any atom is -0.550 e. The van der Waals surface area contributed by atoms with E-state index in [2.05, 4.69) is 5.32 Å². The van der Waals surface area contributed by atoms with Crippen LogP contribution in [0.15, 0.2) is 42.5 Å². The molecule has 0 bridgehead atoms. The molecular formula is C22H21Cl2F3NO3-. The summed E-state index contributed by atoms with van der Waals surface area (Å²) in [6.07, 6.45) is -4.14. The highest BCUT2D eigenvalue weighted by molar-refractivity contribution is 6.33. The van der Waals surface area contributed by atoms with E-state index in [0.717, 1.165) is 6.92 Å². The van der Waals surface area contributed by atoms with E-state index in [1.54, 1.807) is 13.0 Å². The third kappa shape index (κ3) is 6.61. The number of anilines is 1. The standard InChI is InChI=1S/C22H22Cl2F3NO3/c1-3-14(21(30)31)10-13-4-9-17(24)18(11-13)28-20(29)19(12(2)22(25,26)27)15-5-7-16(23)8-6-15/h4-9,11-12,14,19H,3,10H2,1-2H3,(H,28,29)(H,30,31)/p-1/t12-,14-,19+/m1/s1. The SMILES string of the molecule is CC[C@H](Cc1ccc(Cl)c(NC(=O)[C@H](c2ccc(Cl)cc2)[C@@H](C)C(F)(F)F)c1)C(=O)[O-]. The highest BCUT2D eigenvalue weighted by Crippen LogP contribution is 2.39. The zero-order valence-corrected chi connectivity index (χ0v) is 18.3. The molecule has 4 nitrogen and oxygen atoms in total. The second kappa shape index (κ2) is 10.4. The van der Waals surface area contributed by atoms with Crippen molar-refractivity contribution in [1.29, 1.82) is 0 Å². The summed E-state index contributed by atoms with van der Waals surface area (Å²) in [6.45, 7) is 2.64. The third-order valence-electron chi connectivity index (χ3n) is 5.12. The second-order valence-corrected chi connectivity index (χ2v) is 8.13. The number of alkyl halides is 3. The van der Waals surface area contributed by atoms with E-state index in [1.165, 1.54) is 36.4 Å². The fourth-order valence-electron chi connectivity index (χ4n) is 3.21. The lowest BCUT2D eigenvalue weighted by molar-refractivity contribution is -0.311. The second-order valence-electron chi connectivity index (χ2n) is 7.29. The number of nitrogens with one attached hydrogen (secondary N) is 1. The van der Waals surface area contributed by atoms with Gasteiger partial charge in [-0.2, -0.15) is 13.2 Å². The van der Waals surface area contributed by atoms with Gasteiger partial charge in [-0.3, -0.25) is 4.79 Å². The average molecular weight is 475 g/mol. The molecule has 0 saturated heterocycles. The first-order valence-corrected chi connectivity index (χ1v) is 10.3. The van der Waals surface area contributed by atoms with Crippen LogP contribution in [0.5, 0.6) is 0 Å². The normalized spacial score (nSPS) is 14.5. The Morgan fingerprint density at radius 2 is 1.71 bits per heavy atom. The number of aliphatic carboxylic acids is 1. The van der Waals surface area contributed by atoms with Gasteiger partial charge in [0.15, 0.2) is 0 Å². The molecular weight excluding hydrogens is 454 g/mol. The number of carbonyl (C=O) groups is 2. The Labute approximate surface area is 188 Å². The van der Waals surface area contributed by atoms with Crippen molar-refractivity contribution in [2.75, 3.05) is 5.32 Å². The number of hydrogen-bond donors (Lipinski definition) is 1. The molecule has 1 amide bonds. The van der Waals surface area contributed by atoms with E-state index in [-0.39, 0.29) is 22.7 Å². The Hall–Kier alpha value is -2.25. The molecule has 0 aliphatic rings. The van der Waals surface area contributed by atoms with Gasteiger partial charge in [-0.05, 0) is 48.2 Å². The van der Waals surface area contributed by atoms with Crippen molar-refractivity contribution in [1.82, 2.24) is 0 Å². The summed E-state index contributed by atoms with van der Waals surface area (Å²) in [5.41, 5.74) is 0.815. The van der Waals surface area contributed by atoms with Crippen molar-refractivity contribution in [3.8, 4) is 0 Å². The van der Waals surface area contributed by atoms with Gasteiger partial charge in [0.25, 0.3) is 0 Å². The van der Waals surface area contributed by atoms with Crippen LogP contribution in [-0.2, 0) is 16.0 Å². The van der Waals surface area contributed by atoms with E-state index in [0.29, 0.717) is 17.0 Å². The first-order valence-electron chi connectivity index (χ1n) is 9.56. The summed E-state index contributed by atoms with van der Waals surface area (Å²) < 4.78 is 40.4. The minimum absolute atomic E-state index is 0.103. The lowest BCUT2D eigenvalue weighted by atomic mass is 9.85. The van der Waals surface area contributed by atoms with Gasteiger partial charge in [0.2, 0.25) is 5.91 Å². The van der Waals surface area contributed by atoms with Gasteiger partial charge < -0.3 is 15.2 Å². The van der Waals surface area contributed by atoms with Crippen LogP contribution in [0.2, 0.25) is 10.0 Å². The van der Waals surface area contributed by atoms with Crippen molar-refractivity contribution >= 4 is 40.8 Å². The lowest BCUT2D eigenvalue weighted by Crippen LogP contribution is -2.34. The molecule has 0 fully saturated rings. The predicted octanol–water partition coefficient (Wildman–Crippen LogP) is 5.23. The average Bonchev–Trinajstić information content (AvgIpc) is 2.69. The molecule has 168 valence electrons. The molecule has 9 heteroatoms. The van der Waals surface area contributed by atoms with Gasteiger partial charge in [0, 0.05) is 16.9 Å². The maximum Gasteiger partial charge on any atom is 0.392 e. The summed E-state index contributed by atoms with van der Waals surface area (Å²) in [6, 6.07) is 10.1. The van der Waals surface area contributed by atoms with Crippen molar-refractivity contribution in [3.63, 3.8) is 0 Å². The molecule has 0 aliphatic heterocycles. The van der Waals surface area contributed by atoms with Gasteiger partial charge in [0.1, 0.15) is 0 Å². The predicted molar refractivity (Wildman–Crippen MR) is 112 cm³/mol. The van der Waals surface area contributed by atoms with Gasteiger partial charge in [-0.15, -0.1) is 0 Å². The van der Waals surface area contributed by atoms with Crippen LogP contribution < -0.4 is 10.4 Å². The van der Waals surface area contributed by atoms with E-state index >= 15 is 0 Å². The molecule has 2 aromatic carbocycles. The number of rotatable bonds is 8. The van der Waals surface area contributed by atoms with Gasteiger partial charge in [0.05, 0.1) is 22.5 Å². The first kappa shape index (κ1) is 25.0. The highest BCUT2D eigenvalue weighted by Gasteiger charge is 2.45. The Morgan fingerprint density at radius 3 is 2.23 bits per heavy atom. The van der Waals surface area contributed by atoms with Crippen LogP contribution in [0.25, 0.3) is 0 Å². The molecule has 2 rings (SSSR count). The number of benzene rings is 2. The van der Waals surface area contributed by atoms with Crippen molar-refractivity contribution in [2.24, 2.45) is 11.8 Å². The number of carboxylic acid groups (broad SMARTS) is 1. The summed E-state index contributed by atoms with van der Waals surface area (Å²) in [5, 5.41) is 14.1.